The Balaban J connectivity index is 2.07. The molecule has 11 heavy (non-hydrogen) atoms. The Morgan fingerprint density at radius 3 is 1.91 bits per heavy atom. The Hall–Kier alpha value is 0.452. The third-order valence-corrected chi connectivity index (χ3v) is 4.60. The number of hydrogen-bond acceptors (Lipinski definition) is 2. The second-order valence-electron chi connectivity index (χ2n) is 3.87. The number of hydrogen-bond donors (Lipinski definition) is 0. The van der Waals surface area contributed by atoms with Gasteiger partial charge in [-0.15, -0.1) is 0 Å². The average Bonchev–Trinajstić information content (AvgIpc) is 2.30. The maximum absolute atomic E-state index is 2.59. The van der Waals surface area contributed by atoms with E-state index < -0.39 is 0 Å². The fourth-order valence-corrected chi connectivity index (χ4v) is 4.11. The Morgan fingerprint density at radius 1 is 1.00 bits per heavy atom. The van der Waals surface area contributed by atoms with Crippen molar-refractivity contribution in [2.24, 2.45) is 0 Å². The third-order valence-electron chi connectivity index (χ3n) is 3.10. The Labute approximate surface area is 75.7 Å². The van der Waals surface area contributed by atoms with Gasteiger partial charge in [0.1, 0.15) is 0 Å². The van der Waals surface area contributed by atoms with Crippen molar-refractivity contribution in [1.82, 2.24) is 7.77 Å². The van der Waals surface area contributed by atoms with Crippen LogP contribution >= 0.6 is 0 Å². The molecule has 1 aliphatic carbocycles. The molecule has 0 spiro atoms. The molecule has 2 fully saturated rings. The monoisotopic (exact) mass is 167 g/mol. The van der Waals surface area contributed by atoms with E-state index in [1.807, 2.05) is 0 Å². The number of fused-ring (bicyclic) bond motifs is 1. The summed E-state index contributed by atoms with van der Waals surface area (Å²) in [6, 6.07) is 1.81. The molecule has 1 radical (unpaired) electrons. The van der Waals surface area contributed by atoms with E-state index in [1.165, 1.54) is 25.7 Å². The minimum atomic E-state index is 0.459. The first-order valence-electron chi connectivity index (χ1n) is 4.58. The lowest BCUT2D eigenvalue weighted by atomic mass is 9.91. The number of nitrogens with zero attached hydrogens (tertiary/aromatic N) is 2. The summed E-state index contributed by atoms with van der Waals surface area (Å²) < 4.78 is 5.17. The quantitative estimate of drug-likeness (QED) is 0.490. The van der Waals surface area contributed by atoms with Crippen LogP contribution in [0.5, 0.6) is 0 Å². The van der Waals surface area contributed by atoms with Crippen LogP contribution in [-0.2, 0) is 0 Å². The lowest BCUT2D eigenvalue weighted by Gasteiger charge is -2.32. The molecule has 1 heterocycles. The molecule has 0 aromatic heterocycles. The van der Waals surface area contributed by atoms with Crippen LogP contribution in [0, 0.1) is 0 Å². The third kappa shape index (κ3) is 1.36. The largest absolute Gasteiger partial charge is 0.455 e. The molecule has 0 aromatic carbocycles. The van der Waals surface area contributed by atoms with Gasteiger partial charge in [-0.25, -0.2) is 0 Å². The van der Waals surface area contributed by atoms with E-state index in [1.54, 1.807) is 0 Å². The molecular formula is C8H16AlN2. The van der Waals surface area contributed by atoms with E-state index in [0.29, 0.717) is 15.7 Å². The van der Waals surface area contributed by atoms with Crippen LogP contribution in [0.4, 0.5) is 0 Å². The van der Waals surface area contributed by atoms with Crippen molar-refractivity contribution >= 4 is 15.7 Å². The summed E-state index contributed by atoms with van der Waals surface area (Å²) in [7, 11) is 4.59. The first kappa shape index (κ1) is 8.07. The van der Waals surface area contributed by atoms with E-state index in [-0.39, 0.29) is 0 Å². The maximum atomic E-state index is 2.59. The first-order chi connectivity index (χ1) is 5.29. The highest BCUT2D eigenvalue weighted by Gasteiger charge is 2.38. The fourth-order valence-electron chi connectivity index (χ4n) is 2.50. The summed E-state index contributed by atoms with van der Waals surface area (Å²) in [6.07, 6.45) is 5.80. The van der Waals surface area contributed by atoms with Crippen molar-refractivity contribution in [3.8, 4) is 0 Å². The molecule has 0 aromatic rings. The fraction of sp³-hybridized carbons (Fsp3) is 1.00. The molecule has 61 valence electrons. The van der Waals surface area contributed by atoms with Crippen molar-refractivity contribution < 1.29 is 0 Å². The van der Waals surface area contributed by atoms with Crippen LogP contribution in [0.1, 0.15) is 25.7 Å². The van der Waals surface area contributed by atoms with Gasteiger partial charge < -0.3 is 7.77 Å². The maximum Gasteiger partial charge on any atom is 0.455 e. The molecule has 2 aliphatic rings. The molecule has 1 saturated carbocycles. The Morgan fingerprint density at radius 2 is 1.45 bits per heavy atom. The molecule has 2 nitrogen and oxygen atoms in total. The standard InChI is InChI=1S/C8H16N2.Al/c1-9-7-5-3-4-6-8(7)10-2;/h7-8H,3-6H2,1-2H3;/q-2;+2/t7-,8-;/m1./s1. The zero-order chi connectivity index (χ0) is 7.84. The van der Waals surface area contributed by atoms with Crippen molar-refractivity contribution in [1.29, 1.82) is 0 Å². The summed E-state index contributed by atoms with van der Waals surface area (Å²) in [5.41, 5.74) is 0. The van der Waals surface area contributed by atoms with Gasteiger partial charge in [-0.3, -0.25) is 0 Å². The van der Waals surface area contributed by atoms with Crippen LogP contribution in [-0.4, -0.2) is 49.6 Å². The van der Waals surface area contributed by atoms with E-state index in [0.717, 1.165) is 12.1 Å². The predicted octanol–water partition coefficient (Wildman–Crippen LogP) is 0.709. The minimum absolute atomic E-state index is 0.459. The lowest BCUT2D eigenvalue weighted by Crippen LogP contribution is -2.37. The van der Waals surface area contributed by atoms with Crippen LogP contribution in [0.2, 0.25) is 0 Å². The average molecular weight is 167 g/mol. The smallest absolute Gasteiger partial charge is 0.377 e. The second-order valence-corrected chi connectivity index (χ2v) is 5.73. The highest BCUT2D eigenvalue weighted by molar-refractivity contribution is 6.29. The van der Waals surface area contributed by atoms with Crippen molar-refractivity contribution in [3.05, 3.63) is 0 Å². The van der Waals surface area contributed by atoms with Gasteiger partial charge in [0.2, 0.25) is 0 Å². The molecule has 0 N–H and O–H groups in total. The zero-order valence-electron chi connectivity index (χ0n) is 7.45. The normalized spacial score (nSPS) is 40.2. The summed E-state index contributed by atoms with van der Waals surface area (Å²) in [5, 5.41) is 0. The van der Waals surface area contributed by atoms with Crippen LogP contribution in [0.3, 0.4) is 0 Å². The molecule has 2 rings (SSSR count). The molecule has 2 atom stereocenters. The minimum Gasteiger partial charge on any atom is -0.377 e. The summed E-state index contributed by atoms with van der Waals surface area (Å²) in [6.45, 7) is 0. The van der Waals surface area contributed by atoms with E-state index >= 15 is 0 Å². The van der Waals surface area contributed by atoms with Gasteiger partial charge in [-0.2, -0.15) is 0 Å². The van der Waals surface area contributed by atoms with Gasteiger partial charge in [0, 0.05) is 12.1 Å². The SMILES string of the molecule is C[N]1[Al][N](C)[C@@H]2CCCC[C@H]21. The highest BCUT2D eigenvalue weighted by atomic mass is 27.1. The highest BCUT2D eigenvalue weighted by Crippen LogP contribution is 2.29. The Bertz CT molecular complexity index is 135. The number of likely N-dealkylation sites (N-methyl/N-ethyl adjacent to an activating group) is 2. The van der Waals surface area contributed by atoms with Gasteiger partial charge >= 0.3 is 15.7 Å². The van der Waals surface area contributed by atoms with Gasteiger partial charge in [-0.05, 0) is 26.9 Å². The lowest BCUT2D eigenvalue weighted by molar-refractivity contribution is 0.233. The molecular weight excluding hydrogens is 151 g/mol. The topological polar surface area (TPSA) is 6.48 Å². The molecule has 0 bridgehead atoms. The van der Waals surface area contributed by atoms with Gasteiger partial charge in [0.25, 0.3) is 0 Å². The van der Waals surface area contributed by atoms with Crippen molar-refractivity contribution in [2.75, 3.05) is 14.1 Å². The van der Waals surface area contributed by atoms with Crippen molar-refractivity contribution in [3.63, 3.8) is 0 Å². The van der Waals surface area contributed by atoms with E-state index in [4.69, 9.17) is 0 Å². The van der Waals surface area contributed by atoms with Gasteiger partial charge in [0.05, 0.1) is 0 Å². The second kappa shape index (κ2) is 3.07. The van der Waals surface area contributed by atoms with Crippen LogP contribution in [0.25, 0.3) is 0 Å². The molecule has 1 saturated heterocycles. The van der Waals surface area contributed by atoms with Gasteiger partial charge in [0.15, 0.2) is 0 Å². The Kier molecular flexibility index (Phi) is 2.25. The molecule has 0 amide bonds. The van der Waals surface area contributed by atoms with Crippen molar-refractivity contribution in [2.45, 2.75) is 37.8 Å². The van der Waals surface area contributed by atoms with Gasteiger partial charge in [-0.1, -0.05) is 12.8 Å². The van der Waals surface area contributed by atoms with E-state index in [2.05, 4.69) is 21.9 Å². The molecule has 0 unspecified atom stereocenters. The summed E-state index contributed by atoms with van der Waals surface area (Å²) in [5.74, 6) is 0. The zero-order valence-corrected chi connectivity index (χ0v) is 8.61. The number of rotatable bonds is 0. The molecule has 3 heteroatoms. The first-order valence-corrected chi connectivity index (χ1v) is 5.61. The summed E-state index contributed by atoms with van der Waals surface area (Å²) >= 11 is 0.459. The predicted molar refractivity (Wildman–Crippen MR) is 47.3 cm³/mol. The van der Waals surface area contributed by atoms with Crippen LogP contribution < -0.4 is 0 Å². The summed E-state index contributed by atoms with van der Waals surface area (Å²) in [4.78, 5) is 0. The van der Waals surface area contributed by atoms with E-state index in [9.17, 15) is 0 Å². The van der Waals surface area contributed by atoms with Crippen LogP contribution in [0.15, 0.2) is 0 Å². The molecule has 1 aliphatic heterocycles.